The van der Waals surface area contributed by atoms with Gasteiger partial charge in [0.15, 0.2) is 5.78 Å². The highest BCUT2D eigenvalue weighted by atomic mass is 16.5. The average molecular weight is 452 g/mol. The topological polar surface area (TPSA) is 64.1 Å². The molecule has 5 saturated carbocycles. The molecule has 180 valence electrons. The quantitative estimate of drug-likeness (QED) is 0.480. The van der Waals surface area contributed by atoms with Gasteiger partial charge in [0.1, 0.15) is 0 Å². The fraction of sp³-hybridized carbons (Fsp3) is 0.821. The molecule has 0 amide bonds. The van der Waals surface area contributed by atoms with Crippen LogP contribution in [0.5, 0.6) is 0 Å². The molecule has 1 aliphatic heterocycles. The number of nitrogens with zero attached hydrogens (tertiary/aromatic N) is 2. The van der Waals surface area contributed by atoms with Gasteiger partial charge < -0.3 is 10.1 Å². The van der Waals surface area contributed by atoms with E-state index in [0.717, 1.165) is 67.2 Å². The van der Waals surface area contributed by atoms with Gasteiger partial charge in [-0.3, -0.25) is 4.79 Å². The largest absolute Gasteiger partial charge is 0.379 e. The van der Waals surface area contributed by atoms with Gasteiger partial charge >= 0.3 is 0 Å². The van der Waals surface area contributed by atoms with E-state index in [-0.39, 0.29) is 11.8 Å². The fourth-order valence-corrected chi connectivity index (χ4v) is 8.66. The van der Waals surface area contributed by atoms with E-state index in [0.29, 0.717) is 30.3 Å². The van der Waals surface area contributed by atoms with Crippen LogP contribution in [0.3, 0.4) is 0 Å². The van der Waals surface area contributed by atoms with Crippen LogP contribution in [-0.2, 0) is 4.74 Å². The average Bonchev–Trinajstić information content (AvgIpc) is 3.49. The Morgan fingerprint density at radius 2 is 1.94 bits per heavy atom. The van der Waals surface area contributed by atoms with Crippen molar-refractivity contribution in [2.24, 2.45) is 29.1 Å². The molecular formula is C28H41N3O2. The summed E-state index contributed by atoms with van der Waals surface area (Å²) in [6, 6.07) is 0.284. The van der Waals surface area contributed by atoms with E-state index < -0.39 is 0 Å². The van der Waals surface area contributed by atoms with E-state index in [1.807, 2.05) is 6.20 Å². The molecule has 4 bridgehead atoms. The van der Waals surface area contributed by atoms with Crippen LogP contribution in [-0.4, -0.2) is 35.0 Å². The monoisotopic (exact) mass is 451 g/mol. The van der Waals surface area contributed by atoms with Crippen LogP contribution in [0.2, 0.25) is 0 Å². The molecule has 5 aliphatic carbocycles. The van der Waals surface area contributed by atoms with Crippen LogP contribution in [0.25, 0.3) is 0 Å². The normalized spacial score (nSPS) is 37.7. The molecule has 6 aliphatic rings. The summed E-state index contributed by atoms with van der Waals surface area (Å²) in [6.07, 6.45) is 17.8. The first-order valence-electron chi connectivity index (χ1n) is 13.8. The standard InChI is InChI=1S/C28H41N3O2/c1-28-13-18-11-20(14-28)23(21(12-18)15-28)7-4-8-25(32)24-16-29-27(30-22-9-10-33-17-22)31-26(24)19-5-2-3-6-19/h16,18-23H,2-15,17H2,1H3,(H,29,30,31). The number of hydrogen-bond acceptors (Lipinski definition) is 5. The van der Waals surface area contributed by atoms with Crippen molar-refractivity contribution in [1.29, 1.82) is 0 Å². The highest BCUT2D eigenvalue weighted by molar-refractivity contribution is 5.97. The molecule has 0 radical (unpaired) electrons. The van der Waals surface area contributed by atoms with Crippen LogP contribution in [0.15, 0.2) is 6.20 Å². The Kier molecular flexibility index (Phi) is 5.96. The summed E-state index contributed by atoms with van der Waals surface area (Å²) in [5.41, 5.74) is 2.45. The summed E-state index contributed by atoms with van der Waals surface area (Å²) in [4.78, 5) is 22.8. The van der Waals surface area contributed by atoms with Gasteiger partial charge in [-0.15, -0.1) is 0 Å². The van der Waals surface area contributed by atoms with Gasteiger partial charge in [-0.05, 0) is 93.3 Å². The first-order valence-corrected chi connectivity index (χ1v) is 13.8. The van der Waals surface area contributed by atoms with Crippen LogP contribution < -0.4 is 5.32 Å². The zero-order valence-corrected chi connectivity index (χ0v) is 20.4. The smallest absolute Gasteiger partial charge is 0.223 e. The lowest BCUT2D eigenvalue weighted by Gasteiger charge is -2.59. The van der Waals surface area contributed by atoms with E-state index in [1.54, 1.807) is 0 Å². The Labute approximate surface area is 198 Å². The Balaban J connectivity index is 1.11. The van der Waals surface area contributed by atoms with Crippen molar-refractivity contribution in [1.82, 2.24) is 9.97 Å². The molecule has 6 fully saturated rings. The Morgan fingerprint density at radius 1 is 1.15 bits per heavy atom. The second kappa shape index (κ2) is 8.94. The second-order valence-corrected chi connectivity index (χ2v) is 12.4. The van der Waals surface area contributed by atoms with Crippen molar-refractivity contribution in [3.05, 3.63) is 17.5 Å². The zero-order valence-electron chi connectivity index (χ0n) is 20.4. The Hall–Kier alpha value is -1.49. The van der Waals surface area contributed by atoms with E-state index >= 15 is 0 Å². The molecule has 0 aromatic carbocycles. The summed E-state index contributed by atoms with van der Waals surface area (Å²) < 4.78 is 5.48. The van der Waals surface area contributed by atoms with Crippen LogP contribution in [0, 0.1) is 29.1 Å². The number of aromatic nitrogens is 2. The van der Waals surface area contributed by atoms with Crippen molar-refractivity contribution >= 4 is 11.7 Å². The van der Waals surface area contributed by atoms with Gasteiger partial charge in [0.25, 0.3) is 0 Å². The molecule has 1 saturated heterocycles. The number of anilines is 1. The van der Waals surface area contributed by atoms with Gasteiger partial charge in [-0.2, -0.15) is 0 Å². The lowest BCUT2D eigenvalue weighted by atomic mass is 9.46. The van der Waals surface area contributed by atoms with Crippen molar-refractivity contribution in [2.45, 2.75) is 102 Å². The number of rotatable bonds is 8. The lowest BCUT2D eigenvalue weighted by molar-refractivity contribution is -0.0887. The molecule has 2 heterocycles. The number of hydrogen-bond donors (Lipinski definition) is 1. The first kappa shape index (κ1) is 22.0. The minimum atomic E-state index is 0.267. The lowest BCUT2D eigenvalue weighted by Crippen LogP contribution is -2.49. The van der Waals surface area contributed by atoms with Crippen molar-refractivity contribution in [3.63, 3.8) is 0 Å². The van der Waals surface area contributed by atoms with Gasteiger partial charge in [-0.25, -0.2) is 9.97 Å². The SMILES string of the molecule is CC12CC3CC(C1)C(CCCC(=O)c1cnc(NC4CCOC4)nc1C1CCCC1)C(C3)C2. The van der Waals surface area contributed by atoms with E-state index in [1.165, 1.54) is 51.4 Å². The Bertz CT molecular complexity index is 858. The molecule has 3 unspecified atom stereocenters. The molecule has 0 spiro atoms. The molecular weight excluding hydrogens is 410 g/mol. The number of nitrogens with one attached hydrogen (secondary N) is 1. The molecule has 1 N–H and O–H groups in total. The number of carbonyl (C=O) groups excluding carboxylic acids is 1. The van der Waals surface area contributed by atoms with Gasteiger partial charge in [0.05, 0.1) is 23.9 Å². The van der Waals surface area contributed by atoms with E-state index in [2.05, 4.69) is 17.2 Å². The maximum absolute atomic E-state index is 13.4. The predicted molar refractivity (Wildman–Crippen MR) is 129 cm³/mol. The zero-order chi connectivity index (χ0) is 22.4. The van der Waals surface area contributed by atoms with Crippen molar-refractivity contribution in [2.75, 3.05) is 18.5 Å². The molecule has 7 rings (SSSR count). The van der Waals surface area contributed by atoms with Gasteiger partial charge in [-0.1, -0.05) is 19.8 Å². The van der Waals surface area contributed by atoms with Crippen molar-refractivity contribution in [3.8, 4) is 0 Å². The number of carbonyl (C=O) groups is 1. The molecule has 5 nitrogen and oxygen atoms in total. The summed E-state index contributed by atoms with van der Waals surface area (Å²) in [5, 5.41) is 3.43. The van der Waals surface area contributed by atoms with Gasteiger partial charge in [0, 0.05) is 25.1 Å². The van der Waals surface area contributed by atoms with Crippen LogP contribution >= 0.6 is 0 Å². The van der Waals surface area contributed by atoms with Gasteiger partial charge in [0.2, 0.25) is 5.95 Å². The molecule has 1 aromatic heterocycles. The molecule has 3 atom stereocenters. The number of Topliss-reactive ketones (excluding diaryl/α,β-unsaturated/α-hetero) is 1. The van der Waals surface area contributed by atoms with Crippen LogP contribution in [0.4, 0.5) is 5.95 Å². The first-order chi connectivity index (χ1) is 16.1. The second-order valence-electron chi connectivity index (χ2n) is 12.4. The molecule has 1 aromatic rings. The number of ketones is 1. The van der Waals surface area contributed by atoms with Crippen molar-refractivity contribution < 1.29 is 9.53 Å². The summed E-state index contributed by atoms with van der Waals surface area (Å²) in [6.45, 7) is 4.05. The minimum absolute atomic E-state index is 0.267. The maximum atomic E-state index is 13.4. The van der Waals surface area contributed by atoms with E-state index in [9.17, 15) is 4.79 Å². The third-order valence-electron chi connectivity index (χ3n) is 9.84. The third-order valence-corrected chi connectivity index (χ3v) is 9.84. The minimum Gasteiger partial charge on any atom is -0.379 e. The predicted octanol–water partition coefficient (Wildman–Crippen LogP) is 6.15. The Morgan fingerprint density at radius 3 is 2.64 bits per heavy atom. The third kappa shape index (κ3) is 4.47. The maximum Gasteiger partial charge on any atom is 0.223 e. The highest BCUT2D eigenvalue weighted by Gasteiger charge is 2.52. The number of ether oxygens (including phenoxy) is 1. The van der Waals surface area contributed by atoms with Crippen LogP contribution in [0.1, 0.15) is 112 Å². The van der Waals surface area contributed by atoms with E-state index in [4.69, 9.17) is 9.72 Å². The fourth-order valence-electron chi connectivity index (χ4n) is 8.66. The highest BCUT2D eigenvalue weighted by Crippen LogP contribution is 2.62. The molecule has 33 heavy (non-hydrogen) atoms. The summed E-state index contributed by atoms with van der Waals surface area (Å²) in [7, 11) is 0. The summed E-state index contributed by atoms with van der Waals surface area (Å²) in [5.74, 6) is 5.08. The summed E-state index contributed by atoms with van der Waals surface area (Å²) >= 11 is 0. The molecule has 5 heteroatoms.